The van der Waals surface area contributed by atoms with Gasteiger partial charge in [0.05, 0.1) is 5.92 Å². The number of nitrogens with one attached hydrogen (secondary N) is 1. The average molecular weight is 472 g/mol. The Bertz CT molecular complexity index is 1210. The number of carbonyl (C=O) groups excluding carboxylic acids is 1. The van der Waals surface area contributed by atoms with Crippen molar-refractivity contribution in [3.63, 3.8) is 0 Å². The number of carbonyl (C=O) groups is 1. The van der Waals surface area contributed by atoms with Crippen LogP contribution in [0.15, 0.2) is 52.3 Å². The molecule has 1 atom stereocenters. The smallest absolute Gasteiger partial charge is 0.248 e. The van der Waals surface area contributed by atoms with E-state index in [4.69, 9.17) is 9.26 Å². The highest BCUT2D eigenvalue weighted by Gasteiger charge is 2.36. The maximum absolute atomic E-state index is 13.1. The second-order valence-electron chi connectivity index (χ2n) is 7.84. The maximum atomic E-state index is 13.1. The Morgan fingerprint density at radius 3 is 2.76 bits per heavy atom. The van der Waals surface area contributed by atoms with Crippen LogP contribution < -0.4 is 10.1 Å². The maximum Gasteiger partial charge on any atom is 0.248 e. The van der Waals surface area contributed by atoms with E-state index in [1.807, 2.05) is 12.1 Å². The first kappa shape index (κ1) is 22.9. The van der Waals surface area contributed by atoms with Gasteiger partial charge in [-0.15, -0.1) is 0 Å². The number of sulfonamides is 1. The molecule has 1 aliphatic rings. The molecule has 1 saturated heterocycles. The molecule has 0 aromatic carbocycles. The zero-order chi connectivity index (χ0) is 23.4. The van der Waals surface area contributed by atoms with Crippen LogP contribution in [0.5, 0.6) is 5.75 Å². The predicted octanol–water partition coefficient (Wildman–Crippen LogP) is 2.70. The fraction of sp³-hybridized carbons (Fsp3) is 0.364. The van der Waals surface area contributed by atoms with Crippen molar-refractivity contribution in [1.82, 2.24) is 19.4 Å². The minimum absolute atomic E-state index is 0.0677. The molecule has 10 nitrogen and oxygen atoms in total. The molecule has 1 aliphatic heterocycles. The lowest BCUT2D eigenvalue weighted by Crippen LogP contribution is -2.44. The zero-order valence-corrected chi connectivity index (χ0v) is 19.2. The molecule has 1 fully saturated rings. The summed E-state index contributed by atoms with van der Waals surface area (Å²) in [5, 5.41) is 6.56. The number of anilines is 1. The first-order valence-electron chi connectivity index (χ1n) is 10.6. The van der Waals surface area contributed by atoms with Gasteiger partial charge in [-0.05, 0) is 56.5 Å². The Balaban J connectivity index is 1.45. The molecule has 0 radical (unpaired) electrons. The van der Waals surface area contributed by atoms with Gasteiger partial charge in [0, 0.05) is 31.7 Å². The summed E-state index contributed by atoms with van der Waals surface area (Å²) in [5.74, 6) is 0.134. The number of aromatic nitrogens is 3. The van der Waals surface area contributed by atoms with Crippen LogP contribution in [0.1, 0.15) is 29.9 Å². The number of rotatable bonds is 7. The minimum Gasteiger partial charge on any atom is -0.485 e. The summed E-state index contributed by atoms with van der Waals surface area (Å²) in [4.78, 5) is 21.3. The monoisotopic (exact) mass is 471 g/mol. The highest BCUT2D eigenvalue weighted by Crippen LogP contribution is 2.29. The Kier molecular flexibility index (Phi) is 6.70. The highest BCUT2D eigenvalue weighted by atomic mass is 32.2. The van der Waals surface area contributed by atoms with Crippen molar-refractivity contribution in [2.75, 3.05) is 18.4 Å². The van der Waals surface area contributed by atoms with Crippen LogP contribution in [-0.4, -0.2) is 46.8 Å². The molecular weight excluding hydrogens is 446 g/mol. The van der Waals surface area contributed by atoms with Gasteiger partial charge in [-0.1, -0.05) is 5.16 Å². The van der Waals surface area contributed by atoms with E-state index >= 15 is 0 Å². The van der Waals surface area contributed by atoms with Gasteiger partial charge in [0.25, 0.3) is 0 Å². The Morgan fingerprint density at radius 2 is 2.03 bits per heavy atom. The third-order valence-corrected chi connectivity index (χ3v) is 7.59. The molecule has 174 valence electrons. The summed E-state index contributed by atoms with van der Waals surface area (Å²) in [6.45, 7) is 3.85. The van der Waals surface area contributed by atoms with E-state index in [0.717, 1.165) is 5.56 Å². The third kappa shape index (κ3) is 5.04. The standard InChI is InChI=1S/C22H25N5O5S/c1-15-20(16(2)32-26-15)33(29,30)27-12-4-5-18(13-27)22(28)25-21-19(6-3-9-24-21)31-14-17-7-10-23-11-8-17/h3,6-11,18H,4-5,12-14H2,1-2H3,(H,24,25,28). The third-order valence-electron chi connectivity index (χ3n) is 5.48. The van der Waals surface area contributed by atoms with Crippen LogP contribution in [0.25, 0.3) is 0 Å². The van der Waals surface area contributed by atoms with Gasteiger partial charge in [-0.25, -0.2) is 13.4 Å². The van der Waals surface area contributed by atoms with Crippen LogP contribution in [-0.2, 0) is 21.4 Å². The molecule has 1 amide bonds. The molecule has 3 aromatic rings. The van der Waals surface area contributed by atoms with Gasteiger partial charge >= 0.3 is 0 Å². The van der Waals surface area contributed by atoms with Crippen molar-refractivity contribution in [1.29, 1.82) is 0 Å². The Labute approximate surface area is 192 Å². The Hall–Kier alpha value is -3.31. The van der Waals surface area contributed by atoms with Crippen LogP contribution in [0.2, 0.25) is 0 Å². The number of hydrogen-bond donors (Lipinski definition) is 1. The van der Waals surface area contributed by atoms with Crippen LogP contribution in [0.4, 0.5) is 5.82 Å². The molecule has 1 unspecified atom stereocenters. The summed E-state index contributed by atoms with van der Waals surface area (Å²) < 4.78 is 38.5. The molecule has 1 N–H and O–H groups in total. The van der Waals surface area contributed by atoms with Crippen molar-refractivity contribution in [3.8, 4) is 5.75 Å². The quantitative estimate of drug-likeness (QED) is 0.557. The molecule has 0 aliphatic carbocycles. The molecule has 4 heterocycles. The summed E-state index contributed by atoms with van der Waals surface area (Å²) in [6.07, 6.45) is 6.05. The van der Waals surface area contributed by atoms with Crippen LogP contribution in [0.3, 0.4) is 0 Å². The number of piperidine rings is 1. The highest BCUT2D eigenvalue weighted by molar-refractivity contribution is 7.89. The summed E-state index contributed by atoms with van der Waals surface area (Å²) in [5.41, 5.74) is 1.24. The normalized spacial score (nSPS) is 17.0. The molecule has 0 saturated carbocycles. The summed E-state index contributed by atoms with van der Waals surface area (Å²) in [7, 11) is -3.82. The molecule has 33 heavy (non-hydrogen) atoms. The van der Waals surface area contributed by atoms with Crippen molar-refractivity contribution in [3.05, 3.63) is 59.9 Å². The van der Waals surface area contributed by atoms with Gasteiger partial charge in [0.15, 0.2) is 17.3 Å². The number of nitrogens with zero attached hydrogens (tertiary/aromatic N) is 4. The fourth-order valence-corrected chi connectivity index (χ4v) is 5.62. The average Bonchev–Trinajstić information content (AvgIpc) is 3.17. The fourth-order valence-electron chi connectivity index (χ4n) is 3.81. The molecule has 4 rings (SSSR count). The number of aryl methyl sites for hydroxylation is 2. The molecular formula is C22H25N5O5S. The minimum atomic E-state index is -3.82. The van der Waals surface area contributed by atoms with E-state index < -0.39 is 15.9 Å². The lowest BCUT2D eigenvalue weighted by atomic mass is 9.99. The van der Waals surface area contributed by atoms with Crippen molar-refractivity contribution in [2.24, 2.45) is 5.92 Å². The molecule has 3 aromatic heterocycles. The van der Waals surface area contributed by atoms with Gasteiger partial charge in [-0.2, -0.15) is 4.31 Å². The van der Waals surface area contributed by atoms with Crippen molar-refractivity contribution < 1.29 is 22.5 Å². The van der Waals surface area contributed by atoms with Gasteiger partial charge in [0.1, 0.15) is 17.2 Å². The lowest BCUT2D eigenvalue weighted by Gasteiger charge is -2.31. The SMILES string of the molecule is Cc1noc(C)c1S(=O)(=O)N1CCCC(C(=O)Nc2ncccc2OCc2ccncc2)C1. The molecule has 11 heteroatoms. The van der Waals surface area contributed by atoms with Crippen LogP contribution in [0, 0.1) is 19.8 Å². The first-order chi connectivity index (χ1) is 15.9. The van der Waals surface area contributed by atoms with E-state index in [2.05, 4.69) is 20.4 Å². The molecule has 0 spiro atoms. The second-order valence-corrected chi connectivity index (χ2v) is 9.71. The first-order valence-corrected chi connectivity index (χ1v) is 12.0. The second kappa shape index (κ2) is 9.67. The lowest BCUT2D eigenvalue weighted by molar-refractivity contribution is -0.120. The van der Waals surface area contributed by atoms with E-state index in [0.29, 0.717) is 43.3 Å². The predicted molar refractivity (Wildman–Crippen MR) is 119 cm³/mol. The van der Waals surface area contributed by atoms with Crippen molar-refractivity contribution in [2.45, 2.75) is 38.2 Å². The van der Waals surface area contributed by atoms with Gasteiger partial charge in [0.2, 0.25) is 15.9 Å². The number of amides is 1. The van der Waals surface area contributed by atoms with Crippen molar-refractivity contribution >= 4 is 21.7 Å². The van der Waals surface area contributed by atoms with E-state index in [1.165, 1.54) is 4.31 Å². The summed E-state index contributed by atoms with van der Waals surface area (Å²) >= 11 is 0. The number of ether oxygens (including phenoxy) is 1. The number of pyridine rings is 2. The van der Waals surface area contributed by atoms with Gasteiger partial charge < -0.3 is 14.6 Å². The zero-order valence-electron chi connectivity index (χ0n) is 18.4. The summed E-state index contributed by atoms with van der Waals surface area (Å²) in [6, 6.07) is 7.12. The van der Waals surface area contributed by atoms with E-state index in [1.54, 1.807) is 44.6 Å². The number of hydrogen-bond acceptors (Lipinski definition) is 8. The van der Waals surface area contributed by atoms with Crippen LogP contribution >= 0.6 is 0 Å². The molecule has 0 bridgehead atoms. The topological polar surface area (TPSA) is 128 Å². The van der Waals surface area contributed by atoms with E-state index in [-0.39, 0.29) is 23.1 Å². The Morgan fingerprint density at radius 1 is 1.24 bits per heavy atom. The van der Waals surface area contributed by atoms with Gasteiger partial charge in [-0.3, -0.25) is 9.78 Å². The largest absolute Gasteiger partial charge is 0.485 e. The van der Waals surface area contributed by atoms with E-state index in [9.17, 15) is 13.2 Å².